The van der Waals surface area contributed by atoms with Crippen LogP contribution in [-0.4, -0.2) is 9.19 Å². The number of benzene rings is 1. The lowest BCUT2D eigenvalue weighted by atomic mass is 10.1. The summed E-state index contributed by atoms with van der Waals surface area (Å²) in [5.74, 6) is 0.459. The molecule has 0 amide bonds. The molecule has 17 heavy (non-hydrogen) atoms. The van der Waals surface area contributed by atoms with Crippen LogP contribution in [0.15, 0.2) is 34.9 Å². The van der Waals surface area contributed by atoms with E-state index >= 15 is 0 Å². The lowest BCUT2D eigenvalue weighted by molar-refractivity contribution is 0.289. The highest BCUT2D eigenvalue weighted by molar-refractivity contribution is 9.10. The molecule has 90 valence electrons. The first kappa shape index (κ1) is 12.4. The molecule has 0 radical (unpaired) electrons. The third kappa shape index (κ3) is 3.01. The molecule has 0 saturated heterocycles. The maximum absolute atomic E-state index is 12.8. The highest BCUT2D eigenvalue weighted by atomic mass is 79.9. The van der Waals surface area contributed by atoms with Crippen LogP contribution in [0.4, 0.5) is 4.39 Å². The van der Waals surface area contributed by atoms with Gasteiger partial charge in [-0.1, -0.05) is 28.1 Å². The van der Waals surface area contributed by atoms with E-state index in [2.05, 4.69) is 33.8 Å². The molecule has 0 unspecified atom stereocenters. The molecule has 2 aromatic rings. The lowest BCUT2D eigenvalue weighted by Gasteiger charge is -2.09. The van der Waals surface area contributed by atoms with E-state index in [-0.39, 0.29) is 6.61 Å². The normalized spacial score (nSPS) is 10.5. The van der Waals surface area contributed by atoms with Gasteiger partial charge < -0.3 is 4.74 Å². The first-order valence-corrected chi connectivity index (χ1v) is 6.10. The smallest absolute Gasteiger partial charge is 0.234 e. The highest BCUT2D eigenvalue weighted by Crippen LogP contribution is 2.23. The summed E-state index contributed by atoms with van der Waals surface area (Å²) in [6.07, 6.45) is 1.66. The summed E-state index contributed by atoms with van der Waals surface area (Å²) in [6, 6.07) is 7.08. The summed E-state index contributed by atoms with van der Waals surface area (Å²) in [5.41, 5.74) is 1.41. The highest BCUT2D eigenvalue weighted by Gasteiger charge is 2.08. The lowest BCUT2D eigenvalue weighted by Crippen LogP contribution is -2.01. The molecule has 2 rings (SSSR count). The minimum atomic E-state index is -0.515. The number of hydrogen-bond acceptors (Lipinski definition) is 3. The van der Waals surface area contributed by atoms with Gasteiger partial charge >= 0.3 is 0 Å². The van der Waals surface area contributed by atoms with E-state index in [1.807, 2.05) is 6.07 Å². The van der Waals surface area contributed by atoms with E-state index < -0.39 is 6.67 Å². The summed E-state index contributed by atoms with van der Waals surface area (Å²) in [7, 11) is 0. The average molecular weight is 317 g/mol. The summed E-state index contributed by atoms with van der Waals surface area (Å²) < 4.78 is 20.4. The van der Waals surface area contributed by atoms with E-state index in [0.29, 0.717) is 11.4 Å². The van der Waals surface area contributed by atoms with Crippen molar-refractivity contribution in [3.63, 3.8) is 0 Å². The summed E-state index contributed by atoms with van der Waals surface area (Å²) in [6.45, 7) is -0.245. The Morgan fingerprint density at radius 2 is 2.24 bits per heavy atom. The van der Waals surface area contributed by atoms with Gasteiger partial charge in [-0.3, -0.25) is 0 Å². The molecule has 0 aliphatic rings. The quantitative estimate of drug-likeness (QED) is 0.875. The summed E-state index contributed by atoms with van der Waals surface area (Å²) >= 11 is 7.38. The van der Waals surface area contributed by atoms with E-state index in [0.717, 1.165) is 10.0 Å². The number of nitrogens with zero attached hydrogens (tertiary/aromatic N) is 2. The van der Waals surface area contributed by atoms with E-state index in [9.17, 15) is 4.39 Å². The molecule has 0 spiro atoms. The van der Waals surface area contributed by atoms with Gasteiger partial charge in [-0.05, 0) is 24.4 Å². The van der Waals surface area contributed by atoms with Crippen molar-refractivity contribution in [2.75, 3.05) is 0 Å². The first-order chi connectivity index (χ1) is 8.20. The average Bonchev–Trinajstić information content (AvgIpc) is 2.73. The Morgan fingerprint density at radius 1 is 1.41 bits per heavy atom. The molecular formula is C11H10BrFN2OS. The molecular weight excluding hydrogens is 307 g/mol. The van der Waals surface area contributed by atoms with Crippen molar-refractivity contribution in [1.29, 1.82) is 0 Å². The van der Waals surface area contributed by atoms with Crippen molar-refractivity contribution < 1.29 is 9.13 Å². The van der Waals surface area contributed by atoms with Gasteiger partial charge in [-0.15, -0.1) is 5.10 Å². The summed E-state index contributed by atoms with van der Waals surface area (Å²) in [4.78, 5) is 0. The minimum Gasteiger partial charge on any atom is -0.472 e. The topological polar surface area (TPSA) is 27.1 Å². The zero-order chi connectivity index (χ0) is 12.3. The van der Waals surface area contributed by atoms with E-state index in [1.165, 1.54) is 4.09 Å². The number of ether oxygens (including phenoxy) is 1. The Labute approximate surface area is 112 Å². The SMILES string of the molecule is FCc1cccc(Br)c1COc1ccn(S)n1. The zero-order valence-electron chi connectivity index (χ0n) is 8.81. The second kappa shape index (κ2) is 5.55. The first-order valence-electron chi connectivity index (χ1n) is 4.90. The molecule has 0 saturated carbocycles. The molecule has 0 N–H and O–H groups in total. The van der Waals surface area contributed by atoms with Crippen molar-refractivity contribution in [1.82, 2.24) is 9.19 Å². The summed E-state index contributed by atoms with van der Waals surface area (Å²) in [5, 5.41) is 3.96. The fraction of sp³-hybridized carbons (Fsp3) is 0.182. The second-order valence-electron chi connectivity index (χ2n) is 3.37. The number of alkyl halides is 1. The number of halogens is 2. The predicted octanol–water partition coefficient (Wildman–Crippen LogP) is 3.39. The molecule has 0 fully saturated rings. The van der Waals surface area contributed by atoms with E-state index in [1.54, 1.807) is 24.4 Å². The van der Waals surface area contributed by atoms with Crippen molar-refractivity contribution in [3.8, 4) is 5.88 Å². The van der Waals surface area contributed by atoms with Gasteiger partial charge in [0.25, 0.3) is 0 Å². The van der Waals surface area contributed by atoms with Crippen LogP contribution in [-0.2, 0) is 13.3 Å². The Balaban J connectivity index is 2.13. The zero-order valence-corrected chi connectivity index (χ0v) is 11.3. The van der Waals surface area contributed by atoms with Crippen molar-refractivity contribution >= 4 is 28.7 Å². The van der Waals surface area contributed by atoms with Crippen LogP contribution in [0.5, 0.6) is 5.88 Å². The van der Waals surface area contributed by atoms with Gasteiger partial charge in [-0.2, -0.15) is 0 Å². The number of rotatable bonds is 4. The third-order valence-corrected chi connectivity index (χ3v) is 3.24. The van der Waals surface area contributed by atoms with Gasteiger partial charge in [0.15, 0.2) is 0 Å². The van der Waals surface area contributed by atoms with Crippen LogP contribution in [0, 0.1) is 0 Å². The van der Waals surface area contributed by atoms with Gasteiger partial charge in [0.2, 0.25) is 5.88 Å². The Kier molecular flexibility index (Phi) is 4.06. The molecule has 0 bridgehead atoms. The minimum absolute atomic E-state index is 0.269. The number of hydrogen-bond donors (Lipinski definition) is 1. The van der Waals surface area contributed by atoms with Crippen LogP contribution >= 0.6 is 28.7 Å². The Hall–Kier alpha value is -1.01. The molecule has 0 atom stereocenters. The number of aromatic nitrogens is 2. The molecule has 1 aromatic heterocycles. The third-order valence-electron chi connectivity index (χ3n) is 2.28. The maximum Gasteiger partial charge on any atom is 0.234 e. The van der Waals surface area contributed by atoms with Crippen LogP contribution in [0.25, 0.3) is 0 Å². The van der Waals surface area contributed by atoms with Crippen LogP contribution in [0.1, 0.15) is 11.1 Å². The van der Waals surface area contributed by atoms with E-state index in [4.69, 9.17) is 4.74 Å². The maximum atomic E-state index is 12.8. The molecule has 3 nitrogen and oxygen atoms in total. The van der Waals surface area contributed by atoms with Gasteiger partial charge in [0.1, 0.15) is 13.3 Å². The molecule has 0 aliphatic heterocycles. The van der Waals surface area contributed by atoms with Gasteiger partial charge in [0, 0.05) is 22.3 Å². The van der Waals surface area contributed by atoms with Crippen molar-refractivity contribution in [3.05, 3.63) is 46.1 Å². The number of thiol groups is 1. The standard InChI is InChI=1S/C11H10BrFN2OS/c12-10-3-1-2-8(6-13)9(10)7-16-11-4-5-15(17)14-11/h1-5,17H,6-7H2. The fourth-order valence-electron chi connectivity index (χ4n) is 1.41. The fourth-order valence-corrected chi connectivity index (χ4v) is 2.09. The molecule has 6 heteroatoms. The van der Waals surface area contributed by atoms with Crippen LogP contribution in [0.3, 0.4) is 0 Å². The van der Waals surface area contributed by atoms with Crippen LogP contribution in [0.2, 0.25) is 0 Å². The predicted molar refractivity (Wildman–Crippen MR) is 69.9 cm³/mol. The van der Waals surface area contributed by atoms with Crippen molar-refractivity contribution in [2.45, 2.75) is 13.3 Å². The Bertz CT molecular complexity index is 518. The molecule has 0 aliphatic carbocycles. The van der Waals surface area contributed by atoms with Gasteiger partial charge in [0.05, 0.1) is 0 Å². The monoisotopic (exact) mass is 316 g/mol. The Morgan fingerprint density at radius 3 is 2.88 bits per heavy atom. The molecule has 1 aromatic carbocycles. The second-order valence-corrected chi connectivity index (χ2v) is 4.64. The largest absolute Gasteiger partial charge is 0.472 e. The van der Waals surface area contributed by atoms with Crippen molar-refractivity contribution in [2.24, 2.45) is 0 Å². The van der Waals surface area contributed by atoms with Gasteiger partial charge in [-0.25, -0.2) is 8.48 Å². The molecule has 1 heterocycles. The van der Waals surface area contributed by atoms with Crippen LogP contribution < -0.4 is 4.74 Å².